The number of carbonyl (C=O) groups is 1. The van der Waals surface area contributed by atoms with Crippen molar-refractivity contribution in [2.75, 3.05) is 6.26 Å². The molecule has 0 bridgehead atoms. The highest BCUT2D eigenvalue weighted by Crippen LogP contribution is 2.01. The van der Waals surface area contributed by atoms with E-state index in [4.69, 9.17) is 6.42 Å². The lowest BCUT2D eigenvalue weighted by Crippen LogP contribution is -2.29. The molecular formula is C9H8N2O3S. The third kappa shape index (κ3) is 3.40. The smallest absolute Gasteiger partial charge is 0.264 e. The Morgan fingerprint density at radius 3 is 2.80 bits per heavy atom. The van der Waals surface area contributed by atoms with Crippen molar-refractivity contribution in [1.29, 1.82) is 0 Å². The number of terminal acetylenes is 1. The summed E-state index contributed by atoms with van der Waals surface area (Å²) in [6.07, 6.45) is 7.32. The van der Waals surface area contributed by atoms with Gasteiger partial charge >= 0.3 is 0 Å². The molecule has 1 heterocycles. The number of hydrogen-bond donors (Lipinski definition) is 1. The topological polar surface area (TPSA) is 76.1 Å². The van der Waals surface area contributed by atoms with Gasteiger partial charge in [0.1, 0.15) is 5.69 Å². The summed E-state index contributed by atoms with van der Waals surface area (Å²) in [5.74, 6) is 1.52. The van der Waals surface area contributed by atoms with Crippen molar-refractivity contribution in [1.82, 2.24) is 9.71 Å². The molecule has 15 heavy (non-hydrogen) atoms. The lowest BCUT2D eigenvalue weighted by molar-refractivity contribution is 0.0981. The van der Waals surface area contributed by atoms with E-state index in [9.17, 15) is 13.2 Å². The van der Waals surface area contributed by atoms with E-state index in [2.05, 4.69) is 10.9 Å². The normalized spacial score (nSPS) is 10.4. The predicted molar refractivity (Wildman–Crippen MR) is 54.5 cm³/mol. The SMILES string of the molecule is C#Cc1cc(C(=O)NS(C)(=O)=O)ccn1. The Hall–Kier alpha value is -1.87. The molecule has 0 saturated carbocycles. The molecule has 0 fully saturated rings. The van der Waals surface area contributed by atoms with Gasteiger partial charge in [0, 0.05) is 11.8 Å². The number of sulfonamides is 1. The minimum atomic E-state index is -3.56. The Balaban J connectivity index is 2.98. The summed E-state index contributed by atoms with van der Waals surface area (Å²) in [5.41, 5.74) is 0.430. The summed E-state index contributed by atoms with van der Waals surface area (Å²) in [7, 11) is -3.56. The molecule has 1 N–H and O–H groups in total. The van der Waals surface area contributed by atoms with E-state index in [1.54, 1.807) is 0 Å². The van der Waals surface area contributed by atoms with Crippen LogP contribution in [0.15, 0.2) is 18.3 Å². The van der Waals surface area contributed by atoms with E-state index in [1.165, 1.54) is 18.3 Å². The molecule has 1 rings (SSSR count). The molecule has 0 aliphatic carbocycles. The first-order valence-electron chi connectivity index (χ1n) is 3.87. The van der Waals surface area contributed by atoms with Crippen LogP contribution in [0.1, 0.15) is 16.1 Å². The molecule has 0 aliphatic heterocycles. The third-order valence-electron chi connectivity index (χ3n) is 1.45. The molecule has 0 atom stereocenters. The quantitative estimate of drug-likeness (QED) is 0.703. The number of pyridine rings is 1. The fraction of sp³-hybridized carbons (Fsp3) is 0.111. The van der Waals surface area contributed by atoms with Gasteiger partial charge < -0.3 is 0 Å². The Bertz CT molecular complexity index is 529. The van der Waals surface area contributed by atoms with Crippen molar-refractivity contribution in [2.45, 2.75) is 0 Å². The molecule has 0 unspecified atom stereocenters. The minimum Gasteiger partial charge on any atom is -0.268 e. The van der Waals surface area contributed by atoms with E-state index in [1.807, 2.05) is 4.72 Å². The number of rotatable bonds is 2. The van der Waals surface area contributed by atoms with Crippen LogP contribution in [0.4, 0.5) is 0 Å². The number of nitrogens with one attached hydrogen (secondary N) is 1. The van der Waals surface area contributed by atoms with Gasteiger partial charge in [-0.15, -0.1) is 6.42 Å². The van der Waals surface area contributed by atoms with Gasteiger partial charge in [0.15, 0.2) is 0 Å². The molecule has 1 amide bonds. The summed E-state index contributed by atoms with van der Waals surface area (Å²) in [4.78, 5) is 15.1. The van der Waals surface area contributed by atoms with Gasteiger partial charge in [0.25, 0.3) is 5.91 Å². The van der Waals surface area contributed by atoms with Crippen molar-refractivity contribution in [3.05, 3.63) is 29.6 Å². The Labute approximate surface area is 87.6 Å². The first-order chi connectivity index (χ1) is 6.92. The molecule has 0 aliphatic rings. The van der Waals surface area contributed by atoms with E-state index in [-0.39, 0.29) is 11.3 Å². The number of aromatic nitrogens is 1. The molecule has 6 heteroatoms. The highest BCUT2D eigenvalue weighted by atomic mass is 32.2. The second-order valence-electron chi connectivity index (χ2n) is 2.78. The number of amides is 1. The summed E-state index contributed by atoms with van der Waals surface area (Å²) in [6, 6.07) is 2.71. The van der Waals surface area contributed by atoms with E-state index >= 15 is 0 Å². The molecule has 0 radical (unpaired) electrons. The second-order valence-corrected chi connectivity index (χ2v) is 4.53. The van der Waals surface area contributed by atoms with Gasteiger partial charge in [-0.25, -0.2) is 18.1 Å². The van der Waals surface area contributed by atoms with Crippen LogP contribution in [0.25, 0.3) is 0 Å². The van der Waals surface area contributed by atoms with Crippen LogP contribution in [0.2, 0.25) is 0 Å². The maximum absolute atomic E-state index is 11.3. The Morgan fingerprint density at radius 2 is 2.27 bits per heavy atom. The van der Waals surface area contributed by atoms with Crippen molar-refractivity contribution >= 4 is 15.9 Å². The standard InChI is InChI=1S/C9H8N2O3S/c1-3-8-6-7(4-5-10-8)9(12)11-15(2,13)14/h1,4-6H,2H3,(H,11,12). The largest absolute Gasteiger partial charge is 0.268 e. The monoisotopic (exact) mass is 224 g/mol. The maximum atomic E-state index is 11.3. The highest BCUT2D eigenvalue weighted by molar-refractivity contribution is 7.89. The molecule has 0 aromatic carbocycles. The minimum absolute atomic E-state index is 0.156. The molecule has 5 nitrogen and oxygen atoms in total. The van der Waals surface area contributed by atoms with Crippen molar-refractivity contribution in [3.8, 4) is 12.3 Å². The third-order valence-corrected chi connectivity index (χ3v) is 2.00. The van der Waals surface area contributed by atoms with Gasteiger partial charge in [-0.1, -0.05) is 5.92 Å². The lowest BCUT2D eigenvalue weighted by atomic mass is 10.2. The summed E-state index contributed by atoms with van der Waals surface area (Å²) in [6.45, 7) is 0. The van der Waals surface area contributed by atoms with Crippen molar-refractivity contribution in [3.63, 3.8) is 0 Å². The van der Waals surface area contributed by atoms with Crippen molar-refractivity contribution in [2.24, 2.45) is 0 Å². The zero-order chi connectivity index (χ0) is 11.5. The maximum Gasteiger partial charge on any atom is 0.264 e. The van der Waals surface area contributed by atoms with E-state index in [0.717, 1.165) is 6.26 Å². The first-order valence-corrected chi connectivity index (χ1v) is 5.76. The summed E-state index contributed by atoms with van der Waals surface area (Å²) < 4.78 is 23.4. The molecule has 0 spiro atoms. The van der Waals surface area contributed by atoms with Gasteiger partial charge in [-0.2, -0.15) is 0 Å². The highest BCUT2D eigenvalue weighted by Gasteiger charge is 2.11. The van der Waals surface area contributed by atoms with Crippen LogP contribution in [0.3, 0.4) is 0 Å². The van der Waals surface area contributed by atoms with Crippen LogP contribution in [0.5, 0.6) is 0 Å². The fourth-order valence-corrected chi connectivity index (χ4v) is 1.33. The van der Waals surface area contributed by atoms with Crippen LogP contribution in [-0.2, 0) is 10.0 Å². The number of nitrogens with zero attached hydrogens (tertiary/aromatic N) is 1. The van der Waals surface area contributed by atoms with Crippen LogP contribution < -0.4 is 4.72 Å². The van der Waals surface area contributed by atoms with Crippen LogP contribution in [-0.4, -0.2) is 25.6 Å². The van der Waals surface area contributed by atoms with Gasteiger partial charge in [0.2, 0.25) is 10.0 Å². The summed E-state index contributed by atoms with van der Waals surface area (Å²) in [5, 5.41) is 0. The van der Waals surface area contributed by atoms with Crippen LogP contribution in [0, 0.1) is 12.3 Å². The summed E-state index contributed by atoms with van der Waals surface area (Å²) >= 11 is 0. The van der Waals surface area contributed by atoms with E-state index < -0.39 is 15.9 Å². The zero-order valence-corrected chi connectivity index (χ0v) is 8.71. The molecule has 1 aromatic heterocycles. The first kappa shape index (κ1) is 11.2. The molecular weight excluding hydrogens is 216 g/mol. The lowest BCUT2D eigenvalue weighted by Gasteiger charge is -2.02. The predicted octanol–water partition coefficient (Wildman–Crippen LogP) is -0.248. The van der Waals surface area contributed by atoms with Crippen LogP contribution >= 0.6 is 0 Å². The number of carbonyl (C=O) groups excluding carboxylic acids is 1. The Morgan fingerprint density at radius 1 is 1.60 bits per heavy atom. The molecule has 1 aromatic rings. The van der Waals surface area contributed by atoms with Gasteiger partial charge in [0.05, 0.1) is 6.26 Å². The average molecular weight is 224 g/mol. The van der Waals surface area contributed by atoms with Gasteiger partial charge in [-0.05, 0) is 12.1 Å². The second kappa shape index (κ2) is 4.11. The number of hydrogen-bond acceptors (Lipinski definition) is 4. The molecule has 78 valence electrons. The zero-order valence-electron chi connectivity index (χ0n) is 7.89. The fourth-order valence-electron chi connectivity index (χ4n) is 0.878. The average Bonchev–Trinajstić information content (AvgIpc) is 2.15. The van der Waals surface area contributed by atoms with Crippen molar-refractivity contribution < 1.29 is 13.2 Å². The van der Waals surface area contributed by atoms with E-state index in [0.29, 0.717) is 0 Å². The molecule has 0 saturated heterocycles. The van der Waals surface area contributed by atoms with Gasteiger partial charge in [-0.3, -0.25) is 4.79 Å². The Kier molecular flexibility index (Phi) is 3.07.